The lowest BCUT2D eigenvalue weighted by atomic mass is 9.91. The Morgan fingerprint density at radius 1 is 1.05 bits per heavy atom. The number of hydrogen-bond donors (Lipinski definition) is 0. The molecule has 2 rings (SSSR count). The van der Waals surface area contributed by atoms with Gasteiger partial charge in [0.1, 0.15) is 5.92 Å². The number of hydrogen-bond acceptors (Lipinski definition) is 2. The van der Waals surface area contributed by atoms with Gasteiger partial charge in [-0.25, -0.2) is 0 Å². The molecular weight excluding hydrogens is 234 g/mol. The van der Waals surface area contributed by atoms with Crippen LogP contribution in [0.5, 0.6) is 0 Å². The van der Waals surface area contributed by atoms with Gasteiger partial charge in [-0.05, 0) is 36.6 Å². The number of carbonyl (C=O) groups is 1. The van der Waals surface area contributed by atoms with Crippen molar-refractivity contribution in [1.82, 2.24) is 0 Å². The van der Waals surface area contributed by atoms with E-state index in [-0.39, 0.29) is 5.78 Å². The van der Waals surface area contributed by atoms with E-state index in [9.17, 15) is 10.1 Å². The molecule has 2 aromatic rings. The summed E-state index contributed by atoms with van der Waals surface area (Å²) in [4.78, 5) is 12.4. The molecule has 2 heteroatoms. The Balaban J connectivity index is 2.37. The number of ketones is 1. The molecule has 0 fully saturated rings. The summed E-state index contributed by atoms with van der Waals surface area (Å²) < 4.78 is 0. The molecule has 0 N–H and O–H groups in total. The lowest BCUT2D eigenvalue weighted by Crippen LogP contribution is -2.11. The van der Waals surface area contributed by atoms with Gasteiger partial charge in [-0.1, -0.05) is 42.5 Å². The number of nitriles is 1. The van der Waals surface area contributed by atoms with Gasteiger partial charge < -0.3 is 0 Å². The predicted molar refractivity (Wildman–Crippen MR) is 75.0 cm³/mol. The average Bonchev–Trinajstić information content (AvgIpc) is 2.44. The van der Waals surface area contributed by atoms with E-state index in [4.69, 9.17) is 0 Å². The number of carbonyl (C=O) groups excluding carboxylic acids is 1. The third kappa shape index (κ3) is 2.71. The van der Waals surface area contributed by atoms with Gasteiger partial charge in [-0.15, -0.1) is 0 Å². The zero-order valence-electron chi connectivity index (χ0n) is 11.1. The highest BCUT2D eigenvalue weighted by Crippen LogP contribution is 2.21. The van der Waals surface area contributed by atoms with Crippen LogP contribution in [0.25, 0.3) is 0 Å². The van der Waals surface area contributed by atoms with Gasteiger partial charge in [-0.2, -0.15) is 5.26 Å². The number of aryl methyl sites for hydroxylation is 2. The van der Waals surface area contributed by atoms with Crippen LogP contribution in [0.4, 0.5) is 0 Å². The minimum atomic E-state index is -0.733. The first-order valence-electron chi connectivity index (χ1n) is 6.19. The van der Waals surface area contributed by atoms with Gasteiger partial charge in [0, 0.05) is 5.56 Å². The number of rotatable bonds is 3. The van der Waals surface area contributed by atoms with Crippen molar-refractivity contribution in [2.45, 2.75) is 19.8 Å². The number of Topliss-reactive ketones (excluding diaryl/α,β-unsaturated/α-hetero) is 1. The second-order valence-corrected chi connectivity index (χ2v) is 4.64. The second-order valence-electron chi connectivity index (χ2n) is 4.64. The zero-order chi connectivity index (χ0) is 13.8. The van der Waals surface area contributed by atoms with Gasteiger partial charge >= 0.3 is 0 Å². The zero-order valence-corrected chi connectivity index (χ0v) is 11.1. The molecule has 0 saturated heterocycles. The third-order valence-electron chi connectivity index (χ3n) is 3.32. The molecule has 0 amide bonds. The van der Waals surface area contributed by atoms with E-state index >= 15 is 0 Å². The van der Waals surface area contributed by atoms with E-state index in [0.717, 1.165) is 16.7 Å². The van der Waals surface area contributed by atoms with Gasteiger partial charge in [0.2, 0.25) is 0 Å². The first-order chi connectivity index (χ1) is 9.13. The molecule has 0 saturated carbocycles. The fourth-order valence-electron chi connectivity index (χ4n) is 1.99. The van der Waals surface area contributed by atoms with Crippen LogP contribution in [0.1, 0.15) is 33.0 Å². The van der Waals surface area contributed by atoms with E-state index in [1.54, 1.807) is 6.07 Å². The maximum atomic E-state index is 12.4. The van der Waals surface area contributed by atoms with Gasteiger partial charge in [0.25, 0.3) is 0 Å². The molecular formula is C17H15NO. The quantitative estimate of drug-likeness (QED) is 0.776. The minimum absolute atomic E-state index is 0.142. The molecule has 0 aliphatic heterocycles. The first-order valence-corrected chi connectivity index (χ1v) is 6.19. The summed E-state index contributed by atoms with van der Waals surface area (Å²) in [6.45, 7) is 3.97. The molecule has 94 valence electrons. The third-order valence-corrected chi connectivity index (χ3v) is 3.32. The Hall–Kier alpha value is -2.40. The maximum absolute atomic E-state index is 12.4. The van der Waals surface area contributed by atoms with Crippen molar-refractivity contribution in [2.24, 2.45) is 0 Å². The Kier molecular flexibility index (Phi) is 3.77. The van der Waals surface area contributed by atoms with Gasteiger partial charge in [0.05, 0.1) is 6.07 Å². The van der Waals surface area contributed by atoms with Crippen LogP contribution in [0.2, 0.25) is 0 Å². The molecule has 0 aliphatic carbocycles. The van der Waals surface area contributed by atoms with Crippen LogP contribution in [-0.4, -0.2) is 5.78 Å². The van der Waals surface area contributed by atoms with Crippen molar-refractivity contribution in [3.63, 3.8) is 0 Å². The Labute approximate surface area is 113 Å². The minimum Gasteiger partial charge on any atom is -0.292 e. The fourth-order valence-corrected chi connectivity index (χ4v) is 1.99. The molecule has 0 spiro atoms. The Morgan fingerprint density at radius 3 is 2.32 bits per heavy atom. The lowest BCUT2D eigenvalue weighted by Gasteiger charge is -2.10. The molecule has 2 aromatic carbocycles. The van der Waals surface area contributed by atoms with Crippen LogP contribution >= 0.6 is 0 Å². The van der Waals surface area contributed by atoms with Crippen LogP contribution in [0.15, 0.2) is 48.5 Å². The standard InChI is InChI=1S/C17H15NO/c1-12-8-9-15(10-13(12)2)17(19)16(11-18)14-6-4-3-5-7-14/h3-10,16H,1-2H3. The Morgan fingerprint density at radius 2 is 1.74 bits per heavy atom. The Bertz CT molecular complexity index is 638. The molecule has 0 aliphatic rings. The first kappa shape index (κ1) is 13.0. The summed E-state index contributed by atoms with van der Waals surface area (Å²) in [7, 11) is 0. The summed E-state index contributed by atoms with van der Waals surface area (Å²) in [6, 6.07) is 16.8. The van der Waals surface area contributed by atoms with Crippen molar-refractivity contribution in [1.29, 1.82) is 5.26 Å². The fraction of sp³-hybridized carbons (Fsp3) is 0.176. The van der Waals surface area contributed by atoms with Crippen molar-refractivity contribution < 1.29 is 4.79 Å². The summed E-state index contributed by atoms with van der Waals surface area (Å²) >= 11 is 0. The molecule has 0 aromatic heterocycles. The van der Waals surface area contributed by atoms with Gasteiger partial charge in [0.15, 0.2) is 5.78 Å². The topological polar surface area (TPSA) is 40.9 Å². The summed E-state index contributed by atoms with van der Waals surface area (Å²) in [5.41, 5.74) is 3.55. The van der Waals surface area contributed by atoms with Crippen LogP contribution in [0.3, 0.4) is 0 Å². The van der Waals surface area contributed by atoms with E-state index in [0.29, 0.717) is 5.56 Å². The van der Waals surface area contributed by atoms with Crippen LogP contribution in [0, 0.1) is 25.2 Å². The summed E-state index contributed by atoms with van der Waals surface area (Å²) in [6.07, 6.45) is 0. The normalized spacial score (nSPS) is 11.6. The van der Waals surface area contributed by atoms with Crippen LogP contribution < -0.4 is 0 Å². The molecule has 19 heavy (non-hydrogen) atoms. The predicted octanol–water partition coefficient (Wildman–Crippen LogP) is 3.79. The second kappa shape index (κ2) is 5.49. The molecule has 0 bridgehead atoms. The van der Waals surface area contributed by atoms with Crippen molar-refractivity contribution in [2.75, 3.05) is 0 Å². The monoisotopic (exact) mass is 249 g/mol. The highest BCUT2D eigenvalue weighted by atomic mass is 16.1. The molecule has 1 atom stereocenters. The van der Waals surface area contributed by atoms with E-state index in [1.165, 1.54) is 0 Å². The average molecular weight is 249 g/mol. The van der Waals surface area contributed by atoms with Crippen molar-refractivity contribution in [3.8, 4) is 6.07 Å². The van der Waals surface area contributed by atoms with Gasteiger partial charge in [-0.3, -0.25) is 4.79 Å². The maximum Gasteiger partial charge on any atom is 0.184 e. The SMILES string of the molecule is Cc1ccc(C(=O)C(C#N)c2ccccc2)cc1C. The van der Waals surface area contributed by atoms with Crippen LogP contribution in [-0.2, 0) is 0 Å². The highest BCUT2D eigenvalue weighted by Gasteiger charge is 2.21. The lowest BCUT2D eigenvalue weighted by molar-refractivity contribution is 0.0979. The van der Waals surface area contributed by atoms with Crippen molar-refractivity contribution >= 4 is 5.78 Å². The smallest absolute Gasteiger partial charge is 0.184 e. The van der Waals surface area contributed by atoms with Crippen molar-refractivity contribution in [3.05, 3.63) is 70.8 Å². The van der Waals surface area contributed by atoms with E-state index < -0.39 is 5.92 Å². The van der Waals surface area contributed by atoms with E-state index in [1.807, 2.05) is 56.3 Å². The molecule has 0 heterocycles. The molecule has 0 radical (unpaired) electrons. The summed E-state index contributed by atoms with van der Waals surface area (Å²) in [5.74, 6) is -0.875. The number of nitrogens with zero attached hydrogens (tertiary/aromatic N) is 1. The molecule has 1 unspecified atom stereocenters. The highest BCUT2D eigenvalue weighted by molar-refractivity contribution is 6.02. The van der Waals surface area contributed by atoms with E-state index in [2.05, 4.69) is 6.07 Å². The largest absolute Gasteiger partial charge is 0.292 e. The summed E-state index contributed by atoms with van der Waals surface area (Å²) in [5, 5.41) is 9.26. The molecule has 2 nitrogen and oxygen atoms in total. The number of benzene rings is 2.